The summed E-state index contributed by atoms with van der Waals surface area (Å²) in [6.45, 7) is 0. The average Bonchev–Trinajstić information content (AvgIpc) is 2.43. The number of rotatable bonds is 4. The first-order valence-electron chi connectivity index (χ1n) is 6.95. The van der Waals surface area contributed by atoms with Crippen LogP contribution in [0, 0.1) is 17.6 Å². The predicted octanol–water partition coefficient (Wildman–Crippen LogP) is 1.31. The molecule has 0 aliphatic heterocycles. The molecule has 1 aliphatic rings. The highest BCUT2D eigenvalue weighted by Gasteiger charge is 2.32. The number of carbonyl (C=O) groups excluding carboxylic acids is 3. The standard InChI is InChI=1S/C15H16F2N2O3/c16-10-4-9(5-11(17)7-10)15(22)19-13(14(18)21)8-2-1-3-12(20)6-8/h4-5,7-8,13H,1-3,6H2,(H2,18,21)(H,19,22)/t8-,13+/m0/s1. The highest BCUT2D eigenvalue weighted by atomic mass is 19.1. The second kappa shape index (κ2) is 6.64. The van der Waals surface area contributed by atoms with Crippen molar-refractivity contribution in [3.8, 4) is 0 Å². The van der Waals surface area contributed by atoms with Crippen LogP contribution in [0.1, 0.15) is 36.0 Å². The smallest absolute Gasteiger partial charge is 0.252 e. The third-order valence-corrected chi connectivity index (χ3v) is 3.71. The molecule has 2 atom stereocenters. The van der Waals surface area contributed by atoms with E-state index in [9.17, 15) is 23.2 Å². The fourth-order valence-corrected chi connectivity index (χ4v) is 2.67. The maximum atomic E-state index is 13.1. The molecule has 2 amide bonds. The molecule has 1 aliphatic carbocycles. The van der Waals surface area contributed by atoms with E-state index in [1.54, 1.807) is 0 Å². The number of nitrogens with two attached hydrogens (primary N) is 1. The van der Waals surface area contributed by atoms with Crippen LogP contribution in [0.2, 0.25) is 0 Å². The Kier molecular flexibility index (Phi) is 4.85. The van der Waals surface area contributed by atoms with Crippen LogP contribution in [0.5, 0.6) is 0 Å². The highest BCUT2D eigenvalue weighted by molar-refractivity contribution is 5.97. The van der Waals surface area contributed by atoms with E-state index in [0.717, 1.165) is 12.1 Å². The average molecular weight is 310 g/mol. The molecule has 5 nitrogen and oxygen atoms in total. The van der Waals surface area contributed by atoms with Gasteiger partial charge in [0.15, 0.2) is 0 Å². The lowest BCUT2D eigenvalue weighted by Crippen LogP contribution is -2.50. The van der Waals surface area contributed by atoms with Gasteiger partial charge in [-0.15, -0.1) is 0 Å². The number of primary amides is 1. The lowest BCUT2D eigenvalue weighted by Gasteiger charge is -2.28. The Balaban J connectivity index is 2.15. The molecule has 0 unspecified atom stereocenters. The molecule has 118 valence electrons. The first kappa shape index (κ1) is 16.1. The van der Waals surface area contributed by atoms with Crippen molar-refractivity contribution in [1.82, 2.24) is 5.32 Å². The third-order valence-electron chi connectivity index (χ3n) is 3.71. The van der Waals surface area contributed by atoms with Gasteiger partial charge in [0.2, 0.25) is 5.91 Å². The van der Waals surface area contributed by atoms with Crippen LogP contribution in [0.4, 0.5) is 8.78 Å². The Hall–Kier alpha value is -2.31. The second-order valence-electron chi connectivity index (χ2n) is 5.41. The van der Waals surface area contributed by atoms with Crippen molar-refractivity contribution in [3.63, 3.8) is 0 Å². The summed E-state index contributed by atoms with van der Waals surface area (Å²) in [5, 5.41) is 2.38. The first-order chi connectivity index (χ1) is 10.4. The zero-order valence-electron chi connectivity index (χ0n) is 11.8. The third kappa shape index (κ3) is 3.87. The molecule has 22 heavy (non-hydrogen) atoms. The summed E-state index contributed by atoms with van der Waals surface area (Å²) < 4.78 is 26.3. The van der Waals surface area contributed by atoms with Crippen molar-refractivity contribution in [2.24, 2.45) is 11.7 Å². The van der Waals surface area contributed by atoms with Gasteiger partial charge in [0.05, 0.1) is 0 Å². The molecule has 1 saturated carbocycles. The minimum absolute atomic E-state index is 0.00792. The largest absolute Gasteiger partial charge is 0.368 e. The Morgan fingerprint density at radius 2 is 1.86 bits per heavy atom. The van der Waals surface area contributed by atoms with Gasteiger partial charge in [0.25, 0.3) is 5.91 Å². The van der Waals surface area contributed by atoms with Crippen molar-refractivity contribution >= 4 is 17.6 Å². The first-order valence-corrected chi connectivity index (χ1v) is 6.95. The van der Waals surface area contributed by atoms with Crippen molar-refractivity contribution in [2.45, 2.75) is 31.7 Å². The Labute approximate surface area is 125 Å². The molecule has 0 heterocycles. The molecule has 0 bridgehead atoms. The van der Waals surface area contributed by atoms with Crippen LogP contribution in [-0.4, -0.2) is 23.6 Å². The molecule has 0 radical (unpaired) electrons. The van der Waals surface area contributed by atoms with Gasteiger partial charge < -0.3 is 11.1 Å². The Morgan fingerprint density at radius 3 is 2.41 bits per heavy atom. The number of ketones is 1. The molecule has 1 aromatic carbocycles. The van der Waals surface area contributed by atoms with Gasteiger partial charge in [0.1, 0.15) is 23.5 Å². The van der Waals surface area contributed by atoms with Crippen molar-refractivity contribution < 1.29 is 23.2 Å². The molecular weight excluding hydrogens is 294 g/mol. The van der Waals surface area contributed by atoms with Gasteiger partial charge >= 0.3 is 0 Å². The number of hydrogen-bond acceptors (Lipinski definition) is 3. The number of Topliss-reactive ketones (excluding diaryl/α,β-unsaturated/α-hetero) is 1. The maximum absolute atomic E-state index is 13.1. The molecule has 0 spiro atoms. The lowest BCUT2D eigenvalue weighted by molar-refractivity contribution is -0.124. The van der Waals surface area contributed by atoms with Crippen LogP contribution in [0.15, 0.2) is 18.2 Å². The minimum atomic E-state index is -1.04. The number of halogens is 2. The van der Waals surface area contributed by atoms with Gasteiger partial charge in [-0.25, -0.2) is 8.78 Å². The number of nitrogens with one attached hydrogen (secondary N) is 1. The fourth-order valence-electron chi connectivity index (χ4n) is 2.67. The molecule has 0 saturated heterocycles. The summed E-state index contributed by atoms with van der Waals surface area (Å²) in [5.74, 6) is -3.75. The molecule has 3 N–H and O–H groups in total. The summed E-state index contributed by atoms with van der Waals surface area (Å²) >= 11 is 0. The van der Waals surface area contributed by atoms with E-state index in [0.29, 0.717) is 25.3 Å². The van der Waals surface area contributed by atoms with Crippen LogP contribution in [0.3, 0.4) is 0 Å². The fraction of sp³-hybridized carbons (Fsp3) is 0.400. The van der Waals surface area contributed by atoms with E-state index in [4.69, 9.17) is 5.73 Å². The van der Waals surface area contributed by atoms with Crippen LogP contribution in [0.25, 0.3) is 0 Å². The quantitative estimate of drug-likeness (QED) is 0.878. The van der Waals surface area contributed by atoms with Crippen LogP contribution >= 0.6 is 0 Å². The van der Waals surface area contributed by atoms with E-state index < -0.39 is 29.5 Å². The van der Waals surface area contributed by atoms with E-state index >= 15 is 0 Å². The molecule has 0 aromatic heterocycles. The normalized spacial score (nSPS) is 19.5. The summed E-state index contributed by atoms with van der Waals surface area (Å²) in [6, 6.07) is 1.33. The summed E-state index contributed by atoms with van der Waals surface area (Å²) in [5.41, 5.74) is 5.04. The van der Waals surface area contributed by atoms with Crippen molar-refractivity contribution in [2.75, 3.05) is 0 Å². The molecule has 1 fully saturated rings. The zero-order valence-corrected chi connectivity index (χ0v) is 11.8. The minimum Gasteiger partial charge on any atom is -0.368 e. The monoisotopic (exact) mass is 310 g/mol. The van der Waals surface area contributed by atoms with E-state index in [2.05, 4.69) is 5.32 Å². The van der Waals surface area contributed by atoms with Crippen molar-refractivity contribution in [1.29, 1.82) is 0 Å². The summed E-state index contributed by atoms with van der Waals surface area (Å²) in [6.07, 6.45) is 1.81. The van der Waals surface area contributed by atoms with E-state index in [1.165, 1.54) is 0 Å². The van der Waals surface area contributed by atoms with Gasteiger partial charge in [0, 0.05) is 24.5 Å². The predicted molar refractivity (Wildman–Crippen MR) is 73.8 cm³/mol. The number of carbonyl (C=O) groups is 3. The highest BCUT2D eigenvalue weighted by Crippen LogP contribution is 2.24. The number of benzene rings is 1. The Morgan fingerprint density at radius 1 is 1.23 bits per heavy atom. The second-order valence-corrected chi connectivity index (χ2v) is 5.41. The molecule has 7 heteroatoms. The molecule has 2 rings (SSSR count). The van der Waals surface area contributed by atoms with Crippen LogP contribution in [-0.2, 0) is 9.59 Å². The molecular formula is C15H16F2N2O3. The van der Waals surface area contributed by atoms with Gasteiger partial charge in [-0.2, -0.15) is 0 Å². The summed E-state index contributed by atoms with van der Waals surface area (Å²) in [7, 11) is 0. The zero-order chi connectivity index (χ0) is 16.3. The van der Waals surface area contributed by atoms with E-state index in [1.807, 2.05) is 0 Å². The SMILES string of the molecule is NC(=O)[C@H](NC(=O)c1cc(F)cc(F)c1)[C@H]1CCCC(=O)C1. The maximum Gasteiger partial charge on any atom is 0.252 e. The van der Waals surface area contributed by atoms with Crippen molar-refractivity contribution in [3.05, 3.63) is 35.4 Å². The lowest BCUT2D eigenvalue weighted by atomic mass is 9.82. The number of amides is 2. The van der Waals surface area contributed by atoms with Gasteiger partial charge in [-0.05, 0) is 30.9 Å². The topological polar surface area (TPSA) is 89.3 Å². The summed E-state index contributed by atoms with van der Waals surface area (Å²) in [4.78, 5) is 35.1. The number of hydrogen-bond donors (Lipinski definition) is 2. The van der Waals surface area contributed by atoms with Gasteiger partial charge in [-0.1, -0.05) is 0 Å². The van der Waals surface area contributed by atoms with Crippen LogP contribution < -0.4 is 11.1 Å². The molecule has 1 aromatic rings. The Bertz CT molecular complexity index is 599. The van der Waals surface area contributed by atoms with E-state index in [-0.39, 0.29) is 23.7 Å². The van der Waals surface area contributed by atoms with Gasteiger partial charge in [-0.3, -0.25) is 14.4 Å².